The van der Waals surface area contributed by atoms with Gasteiger partial charge >= 0.3 is 5.97 Å². The number of hydrogen-bond donors (Lipinski definition) is 3. The SMILES string of the molecule is Cc1c(C)c(-c2ccccc2)c(C(=O)O)c(O)c1O. The molecule has 0 aliphatic heterocycles. The van der Waals surface area contributed by atoms with Gasteiger partial charge in [-0.2, -0.15) is 0 Å². The molecule has 0 radical (unpaired) electrons. The Labute approximate surface area is 110 Å². The minimum atomic E-state index is -1.27. The highest BCUT2D eigenvalue weighted by molar-refractivity contribution is 6.01. The molecule has 0 atom stereocenters. The Bertz CT molecular complexity index is 645. The maximum absolute atomic E-state index is 11.4. The fourth-order valence-electron chi connectivity index (χ4n) is 2.14. The Morgan fingerprint density at radius 2 is 1.53 bits per heavy atom. The topological polar surface area (TPSA) is 77.8 Å². The summed E-state index contributed by atoms with van der Waals surface area (Å²) < 4.78 is 0. The lowest BCUT2D eigenvalue weighted by molar-refractivity contribution is 0.0693. The van der Waals surface area contributed by atoms with Crippen molar-refractivity contribution in [1.29, 1.82) is 0 Å². The monoisotopic (exact) mass is 258 g/mol. The zero-order valence-electron chi connectivity index (χ0n) is 10.6. The number of phenolic OH excluding ortho intramolecular Hbond substituents is 1. The average Bonchev–Trinajstić information content (AvgIpc) is 2.40. The van der Waals surface area contributed by atoms with Gasteiger partial charge in [0, 0.05) is 5.56 Å². The maximum Gasteiger partial charge on any atom is 0.340 e. The molecule has 3 N–H and O–H groups in total. The Balaban J connectivity index is 2.90. The molecule has 0 spiro atoms. The maximum atomic E-state index is 11.4. The number of phenols is 2. The fraction of sp³-hybridized carbons (Fsp3) is 0.133. The van der Waals surface area contributed by atoms with Crippen LogP contribution in [0.2, 0.25) is 0 Å². The first-order chi connectivity index (χ1) is 8.95. The van der Waals surface area contributed by atoms with Crippen LogP contribution in [0.15, 0.2) is 30.3 Å². The molecule has 2 aromatic carbocycles. The van der Waals surface area contributed by atoms with Crippen LogP contribution in [-0.4, -0.2) is 21.3 Å². The number of benzene rings is 2. The smallest absolute Gasteiger partial charge is 0.340 e. The summed E-state index contributed by atoms with van der Waals surface area (Å²) in [6, 6.07) is 8.95. The molecule has 0 heterocycles. The molecule has 0 aliphatic rings. The van der Waals surface area contributed by atoms with Gasteiger partial charge in [-0.05, 0) is 30.5 Å². The molecule has 0 aromatic heterocycles. The van der Waals surface area contributed by atoms with Crippen molar-refractivity contribution in [3.63, 3.8) is 0 Å². The summed E-state index contributed by atoms with van der Waals surface area (Å²) in [5.74, 6) is -2.24. The number of carboxylic acid groups (broad SMARTS) is 1. The quantitative estimate of drug-likeness (QED) is 0.723. The van der Waals surface area contributed by atoms with Crippen LogP contribution in [0.4, 0.5) is 0 Å². The minimum Gasteiger partial charge on any atom is -0.504 e. The van der Waals surface area contributed by atoms with Crippen molar-refractivity contribution in [2.45, 2.75) is 13.8 Å². The molecule has 0 amide bonds. The lowest BCUT2D eigenvalue weighted by atomic mass is 9.90. The predicted octanol–water partition coefficient (Wildman–Crippen LogP) is 3.08. The number of hydrogen-bond acceptors (Lipinski definition) is 3. The third-order valence-corrected chi connectivity index (χ3v) is 3.28. The second kappa shape index (κ2) is 4.65. The van der Waals surface area contributed by atoms with Crippen molar-refractivity contribution in [1.82, 2.24) is 0 Å². The van der Waals surface area contributed by atoms with Gasteiger partial charge in [0.05, 0.1) is 0 Å². The van der Waals surface area contributed by atoms with E-state index in [9.17, 15) is 20.1 Å². The number of carbonyl (C=O) groups is 1. The summed E-state index contributed by atoms with van der Waals surface area (Å²) in [4.78, 5) is 11.4. The van der Waals surface area contributed by atoms with E-state index in [0.717, 1.165) is 0 Å². The van der Waals surface area contributed by atoms with Gasteiger partial charge in [0.2, 0.25) is 0 Å². The third kappa shape index (κ3) is 2.01. The van der Waals surface area contributed by atoms with Crippen LogP contribution >= 0.6 is 0 Å². The summed E-state index contributed by atoms with van der Waals surface area (Å²) in [6.45, 7) is 3.37. The van der Waals surface area contributed by atoms with Crippen LogP contribution in [-0.2, 0) is 0 Å². The van der Waals surface area contributed by atoms with E-state index in [1.165, 1.54) is 0 Å². The summed E-state index contributed by atoms with van der Waals surface area (Å²) in [6.07, 6.45) is 0. The van der Waals surface area contributed by atoms with Crippen LogP contribution in [0.5, 0.6) is 11.5 Å². The molecule has 2 aromatic rings. The molecule has 0 aliphatic carbocycles. The predicted molar refractivity (Wildman–Crippen MR) is 71.6 cm³/mol. The molecule has 0 saturated carbocycles. The van der Waals surface area contributed by atoms with Gasteiger partial charge in [-0.1, -0.05) is 30.3 Å². The second-order valence-electron chi connectivity index (χ2n) is 4.37. The van der Waals surface area contributed by atoms with Crippen molar-refractivity contribution in [2.75, 3.05) is 0 Å². The van der Waals surface area contributed by atoms with Crippen molar-refractivity contribution < 1.29 is 20.1 Å². The summed E-state index contributed by atoms with van der Waals surface area (Å²) in [7, 11) is 0. The highest BCUT2D eigenvalue weighted by atomic mass is 16.4. The Kier molecular flexibility index (Phi) is 3.17. The molecule has 2 rings (SSSR count). The Morgan fingerprint density at radius 3 is 2.05 bits per heavy atom. The highest BCUT2D eigenvalue weighted by Gasteiger charge is 2.24. The molecular weight excluding hydrogens is 244 g/mol. The Morgan fingerprint density at radius 1 is 0.947 bits per heavy atom. The first kappa shape index (κ1) is 13.0. The van der Waals surface area contributed by atoms with E-state index in [1.807, 2.05) is 6.07 Å². The molecule has 4 heteroatoms. The number of carboxylic acids is 1. The van der Waals surface area contributed by atoms with Crippen LogP contribution in [0.3, 0.4) is 0 Å². The summed E-state index contributed by atoms with van der Waals surface area (Å²) in [5.41, 5.74) is 1.96. The first-order valence-corrected chi connectivity index (χ1v) is 5.79. The third-order valence-electron chi connectivity index (χ3n) is 3.28. The Hall–Kier alpha value is -2.49. The molecule has 19 heavy (non-hydrogen) atoms. The largest absolute Gasteiger partial charge is 0.504 e. The zero-order valence-corrected chi connectivity index (χ0v) is 10.6. The molecule has 0 bridgehead atoms. The normalized spacial score (nSPS) is 10.4. The molecule has 0 unspecified atom stereocenters. The summed E-state index contributed by atoms with van der Waals surface area (Å²) >= 11 is 0. The molecular formula is C15H14O4. The summed E-state index contributed by atoms with van der Waals surface area (Å²) in [5, 5.41) is 28.9. The van der Waals surface area contributed by atoms with Gasteiger partial charge in [0.15, 0.2) is 11.5 Å². The van der Waals surface area contributed by atoms with Crippen molar-refractivity contribution in [2.24, 2.45) is 0 Å². The number of aromatic carboxylic acids is 1. The van der Waals surface area contributed by atoms with Gasteiger partial charge in [-0.25, -0.2) is 4.79 Å². The van der Waals surface area contributed by atoms with Gasteiger partial charge in [0.1, 0.15) is 5.56 Å². The van der Waals surface area contributed by atoms with Crippen LogP contribution < -0.4 is 0 Å². The van der Waals surface area contributed by atoms with Crippen LogP contribution in [0, 0.1) is 13.8 Å². The van der Waals surface area contributed by atoms with Crippen LogP contribution in [0.1, 0.15) is 21.5 Å². The van der Waals surface area contributed by atoms with E-state index in [4.69, 9.17) is 0 Å². The van der Waals surface area contributed by atoms with E-state index >= 15 is 0 Å². The number of aromatic hydroxyl groups is 2. The van der Waals surface area contributed by atoms with E-state index < -0.39 is 11.7 Å². The van der Waals surface area contributed by atoms with E-state index in [0.29, 0.717) is 22.3 Å². The van der Waals surface area contributed by atoms with Crippen LogP contribution in [0.25, 0.3) is 11.1 Å². The molecule has 98 valence electrons. The molecule has 0 fully saturated rings. The standard InChI is InChI=1S/C15H14O4/c1-8-9(2)13(16)14(17)12(15(18)19)11(8)10-6-4-3-5-7-10/h3-7,16-17H,1-2H3,(H,18,19). The van der Waals surface area contributed by atoms with Crippen molar-refractivity contribution in [3.8, 4) is 22.6 Å². The first-order valence-electron chi connectivity index (χ1n) is 5.79. The van der Waals surface area contributed by atoms with E-state index in [-0.39, 0.29) is 11.3 Å². The number of rotatable bonds is 2. The second-order valence-corrected chi connectivity index (χ2v) is 4.37. The van der Waals surface area contributed by atoms with Gasteiger partial charge in [0.25, 0.3) is 0 Å². The van der Waals surface area contributed by atoms with E-state index in [1.54, 1.807) is 38.1 Å². The van der Waals surface area contributed by atoms with E-state index in [2.05, 4.69) is 0 Å². The lowest BCUT2D eigenvalue weighted by Gasteiger charge is -2.16. The minimum absolute atomic E-state index is 0.271. The highest BCUT2D eigenvalue weighted by Crippen LogP contribution is 2.42. The van der Waals surface area contributed by atoms with Gasteiger partial charge in [-0.3, -0.25) is 0 Å². The lowest BCUT2D eigenvalue weighted by Crippen LogP contribution is -2.04. The molecule has 4 nitrogen and oxygen atoms in total. The van der Waals surface area contributed by atoms with Crippen molar-refractivity contribution >= 4 is 5.97 Å². The zero-order chi connectivity index (χ0) is 14.2. The van der Waals surface area contributed by atoms with Gasteiger partial charge in [-0.15, -0.1) is 0 Å². The average molecular weight is 258 g/mol. The molecule has 0 saturated heterocycles. The van der Waals surface area contributed by atoms with Gasteiger partial charge < -0.3 is 15.3 Å². The fourth-order valence-corrected chi connectivity index (χ4v) is 2.14. The van der Waals surface area contributed by atoms with Crippen molar-refractivity contribution in [3.05, 3.63) is 47.0 Å².